The quantitative estimate of drug-likeness (QED) is 0.822. The third-order valence-electron chi connectivity index (χ3n) is 3.51. The lowest BCUT2D eigenvalue weighted by Crippen LogP contribution is -2.13. The molecule has 2 aromatic rings. The number of aromatic nitrogens is 3. The summed E-state index contributed by atoms with van der Waals surface area (Å²) in [5, 5.41) is 7.50. The van der Waals surface area contributed by atoms with E-state index in [4.69, 9.17) is 5.73 Å². The number of sulfone groups is 1. The monoisotopic (exact) mass is 327 g/mol. The van der Waals surface area contributed by atoms with Crippen molar-refractivity contribution in [1.29, 1.82) is 0 Å². The molecule has 1 aliphatic rings. The molecular formula is C12H17N5O2S2. The highest BCUT2D eigenvalue weighted by atomic mass is 32.2. The zero-order chi connectivity index (χ0) is 15.0. The van der Waals surface area contributed by atoms with Gasteiger partial charge < -0.3 is 11.1 Å². The number of nitrogens with two attached hydrogens (primary N) is 1. The highest BCUT2D eigenvalue weighted by molar-refractivity contribution is 7.92. The molecule has 0 unspecified atom stereocenters. The van der Waals surface area contributed by atoms with E-state index < -0.39 is 9.84 Å². The van der Waals surface area contributed by atoms with Gasteiger partial charge in [-0.3, -0.25) is 4.68 Å². The Kier molecular flexibility index (Phi) is 3.62. The van der Waals surface area contributed by atoms with Crippen molar-refractivity contribution >= 4 is 32.2 Å². The van der Waals surface area contributed by atoms with Gasteiger partial charge in [0.15, 0.2) is 15.7 Å². The van der Waals surface area contributed by atoms with Gasteiger partial charge in [-0.25, -0.2) is 8.42 Å². The molecule has 114 valence electrons. The van der Waals surface area contributed by atoms with Gasteiger partial charge in [-0.05, 0) is 30.4 Å². The maximum absolute atomic E-state index is 12.4. The van der Waals surface area contributed by atoms with E-state index in [1.54, 1.807) is 10.9 Å². The Balaban J connectivity index is 1.73. The zero-order valence-electron chi connectivity index (χ0n) is 11.6. The van der Waals surface area contributed by atoms with Crippen molar-refractivity contribution in [3.05, 3.63) is 18.0 Å². The second-order valence-corrected chi connectivity index (χ2v) is 8.03. The molecule has 3 N–H and O–H groups in total. The number of aryl methyl sites for hydroxylation is 1. The second kappa shape index (κ2) is 5.30. The molecule has 0 aromatic carbocycles. The molecule has 21 heavy (non-hydrogen) atoms. The van der Waals surface area contributed by atoms with Gasteiger partial charge in [-0.15, -0.1) is 0 Å². The van der Waals surface area contributed by atoms with Crippen LogP contribution in [0.1, 0.15) is 18.5 Å². The van der Waals surface area contributed by atoms with Crippen molar-refractivity contribution in [2.75, 3.05) is 17.6 Å². The van der Waals surface area contributed by atoms with E-state index >= 15 is 0 Å². The fourth-order valence-electron chi connectivity index (χ4n) is 2.18. The maximum atomic E-state index is 12.4. The Morgan fingerprint density at radius 3 is 2.90 bits per heavy atom. The molecule has 2 heterocycles. The van der Waals surface area contributed by atoms with Crippen LogP contribution >= 0.6 is 11.5 Å². The summed E-state index contributed by atoms with van der Waals surface area (Å²) in [4.78, 5) is 0.181. The highest BCUT2D eigenvalue weighted by Crippen LogP contribution is 2.40. The van der Waals surface area contributed by atoms with Crippen LogP contribution in [0.4, 0.5) is 10.8 Å². The summed E-state index contributed by atoms with van der Waals surface area (Å²) >= 11 is 1.10. The van der Waals surface area contributed by atoms with Crippen LogP contribution in [0.2, 0.25) is 0 Å². The van der Waals surface area contributed by atoms with Crippen LogP contribution in [0.5, 0.6) is 0 Å². The van der Waals surface area contributed by atoms with Gasteiger partial charge in [0.25, 0.3) is 0 Å². The maximum Gasteiger partial charge on any atom is 0.187 e. The predicted octanol–water partition coefficient (Wildman–Crippen LogP) is 1.05. The van der Waals surface area contributed by atoms with Crippen LogP contribution in [-0.2, 0) is 23.3 Å². The van der Waals surface area contributed by atoms with Crippen molar-refractivity contribution < 1.29 is 8.42 Å². The molecule has 0 atom stereocenters. The number of rotatable bonds is 6. The minimum atomic E-state index is -3.33. The Morgan fingerprint density at radius 1 is 1.52 bits per heavy atom. The van der Waals surface area contributed by atoms with E-state index in [1.807, 2.05) is 13.1 Å². The molecule has 0 spiro atoms. The van der Waals surface area contributed by atoms with E-state index in [9.17, 15) is 8.42 Å². The van der Waals surface area contributed by atoms with Gasteiger partial charge in [0.05, 0.1) is 5.25 Å². The van der Waals surface area contributed by atoms with Crippen LogP contribution in [0.25, 0.3) is 0 Å². The minimum Gasteiger partial charge on any atom is -0.382 e. The van der Waals surface area contributed by atoms with Crippen molar-refractivity contribution in [1.82, 2.24) is 14.2 Å². The average Bonchev–Trinajstić information content (AvgIpc) is 3.13. The van der Waals surface area contributed by atoms with E-state index in [0.717, 1.165) is 23.6 Å². The molecule has 0 saturated heterocycles. The fourth-order valence-corrected chi connectivity index (χ4v) is 5.09. The molecule has 7 nitrogen and oxygen atoms in total. The summed E-state index contributed by atoms with van der Waals surface area (Å²) < 4.78 is 30.5. The van der Waals surface area contributed by atoms with Crippen LogP contribution in [0.15, 0.2) is 17.2 Å². The van der Waals surface area contributed by atoms with E-state index in [0.29, 0.717) is 24.4 Å². The molecule has 0 amide bonds. The summed E-state index contributed by atoms with van der Waals surface area (Å²) in [6, 6.07) is 1.94. The van der Waals surface area contributed by atoms with Gasteiger partial charge in [0.1, 0.15) is 9.90 Å². The van der Waals surface area contributed by atoms with Crippen LogP contribution in [-0.4, -0.2) is 34.4 Å². The minimum absolute atomic E-state index is 0.106. The lowest BCUT2D eigenvalue weighted by Gasteiger charge is -2.07. The average molecular weight is 327 g/mol. The van der Waals surface area contributed by atoms with Crippen molar-refractivity contribution in [3.8, 4) is 0 Å². The Bertz CT molecular complexity index is 746. The highest BCUT2D eigenvalue weighted by Gasteiger charge is 2.40. The SMILES string of the molecule is Cn1nccc1CCNc1snc(N)c1S(=O)(=O)C1CC1. The van der Waals surface area contributed by atoms with Gasteiger partial charge in [-0.2, -0.15) is 9.47 Å². The molecule has 0 bridgehead atoms. The largest absolute Gasteiger partial charge is 0.382 e. The summed E-state index contributed by atoms with van der Waals surface area (Å²) in [6.07, 6.45) is 3.92. The molecule has 1 fully saturated rings. The van der Waals surface area contributed by atoms with Gasteiger partial charge in [-0.1, -0.05) is 0 Å². The number of hydrogen-bond acceptors (Lipinski definition) is 7. The van der Waals surface area contributed by atoms with Gasteiger partial charge in [0, 0.05) is 31.9 Å². The summed E-state index contributed by atoms with van der Waals surface area (Å²) in [6.45, 7) is 0.606. The molecule has 1 saturated carbocycles. The second-order valence-electron chi connectivity index (χ2n) is 5.09. The smallest absolute Gasteiger partial charge is 0.187 e. The first kappa shape index (κ1) is 14.3. The number of hydrogen-bond donors (Lipinski definition) is 2. The van der Waals surface area contributed by atoms with Crippen LogP contribution in [0, 0.1) is 0 Å². The topological polar surface area (TPSA) is 103 Å². The Morgan fingerprint density at radius 2 is 2.29 bits per heavy atom. The number of nitrogens with one attached hydrogen (secondary N) is 1. The first-order chi connectivity index (χ1) is 10.00. The van der Waals surface area contributed by atoms with Crippen molar-refractivity contribution in [2.24, 2.45) is 7.05 Å². The van der Waals surface area contributed by atoms with E-state index in [2.05, 4.69) is 14.8 Å². The normalized spacial score (nSPS) is 15.3. The predicted molar refractivity (Wildman–Crippen MR) is 82.1 cm³/mol. The molecule has 9 heteroatoms. The molecule has 1 aliphatic carbocycles. The third-order valence-corrected chi connectivity index (χ3v) is 6.79. The lowest BCUT2D eigenvalue weighted by molar-refractivity contribution is 0.595. The van der Waals surface area contributed by atoms with Crippen LogP contribution in [0.3, 0.4) is 0 Å². The molecule has 0 radical (unpaired) electrons. The molecule has 0 aliphatic heterocycles. The third kappa shape index (κ3) is 2.75. The number of nitrogen functional groups attached to an aromatic ring is 1. The lowest BCUT2D eigenvalue weighted by atomic mass is 10.3. The fraction of sp³-hybridized carbons (Fsp3) is 0.500. The summed E-state index contributed by atoms with van der Waals surface area (Å²) in [7, 11) is -1.46. The van der Waals surface area contributed by atoms with Gasteiger partial charge >= 0.3 is 0 Å². The Hall–Kier alpha value is -1.61. The molecule has 3 rings (SSSR count). The van der Waals surface area contributed by atoms with Crippen molar-refractivity contribution in [2.45, 2.75) is 29.4 Å². The first-order valence-corrected chi connectivity index (χ1v) is 9.02. The summed E-state index contributed by atoms with van der Waals surface area (Å²) in [5.41, 5.74) is 6.83. The van der Waals surface area contributed by atoms with Crippen LogP contribution < -0.4 is 11.1 Å². The zero-order valence-corrected chi connectivity index (χ0v) is 13.2. The van der Waals surface area contributed by atoms with E-state index in [-0.39, 0.29) is 16.0 Å². The molecular weight excluding hydrogens is 310 g/mol. The van der Waals surface area contributed by atoms with Crippen molar-refractivity contribution in [3.63, 3.8) is 0 Å². The first-order valence-electron chi connectivity index (χ1n) is 6.70. The Labute approximate surface area is 127 Å². The number of nitrogens with zero attached hydrogens (tertiary/aromatic N) is 3. The number of anilines is 2. The standard InChI is InChI=1S/C12H17N5O2S2/c1-17-8(5-7-15-17)4-6-14-12-10(11(13)16-20-12)21(18,19)9-2-3-9/h5,7,9,14H,2-4,6H2,1H3,(H2,13,16). The molecule has 2 aromatic heterocycles. The summed E-state index contributed by atoms with van der Waals surface area (Å²) in [5.74, 6) is 0.106. The van der Waals surface area contributed by atoms with Gasteiger partial charge in [0.2, 0.25) is 0 Å². The van der Waals surface area contributed by atoms with E-state index in [1.165, 1.54) is 0 Å².